The molecular weight excluding hydrogens is 260 g/mol. The van der Waals surface area contributed by atoms with Gasteiger partial charge in [-0.3, -0.25) is 0 Å². The summed E-state index contributed by atoms with van der Waals surface area (Å²) in [6, 6.07) is 15.6. The minimum atomic E-state index is 0.744. The van der Waals surface area contributed by atoms with Gasteiger partial charge < -0.3 is 15.4 Å². The average Bonchev–Trinajstić information content (AvgIpc) is 2.44. The van der Waals surface area contributed by atoms with E-state index in [9.17, 15) is 0 Å². The lowest BCUT2D eigenvalue weighted by Crippen LogP contribution is -2.13. The molecule has 0 unspecified atom stereocenters. The number of methoxy groups -OCH3 is 1. The second kappa shape index (κ2) is 6.90. The zero-order valence-electron chi connectivity index (χ0n) is 10.8. The second-order valence-corrected chi connectivity index (χ2v) is 4.53. The van der Waals surface area contributed by atoms with Gasteiger partial charge in [-0.2, -0.15) is 0 Å². The Morgan fingerprint density at radius 1 is 0.947 bits per heavy atom. The Hall–Kier alpha value is -1.87. The summed E-state index contributed by atoms with van der Waals surface area (Å²) in [6.45, 7) is 1.66. The van der Waals surface area contributed by atoms with Gasteiger partial charge in [-0.25, -0.2) is 0 Å². The zero-order chi connectivity index (χ0) is 13.5. The number of benzene rings is 2. The Labute approximate surface area is 118 Å². The summed E-state index contributed by atoms with van der Waals surface area (Å²) in [5, 5.41) is 7.38. The minimum Gasteiger partial charge on any atom is -0.497 e. The molecule has 0 atom stereocenters. The zero-order valence-corrected chi connectivity index (χ0v) is 11.6. The number of rotatable bonds is 6. The van der Waals surface area contributed by atoms with E-state index in [0.717, 1.165) is 35.2 Å². The molecule has 0 radical (unpaired) electrons. The maximum atomic E-state index is 5.91. The van der Waals surface area contributed by atoms with Crippen LogP contribution in [0.3, 0.4) is 0 Å². The van der Waals surface area contributed by atoms with Crippen LogP contribution in [-0.4, -0.2) is 20.2 Å². The van der Waals surface area contributed by atoms with Crippen molar-refractivity contribution in [2.45, 2.75) is 0 Å². The van der Waals surface area contributed by atoms with Crippen LogP contribution in [0, 0.1) is 0 Å². The van der Waals surface area contributed by atoms with E-state index in [4.69, 9.17) is 16.3 Å². The highest BCUT2D eigenvalue weighted by atomic mass is 35.5. The van der Waals surface area contributed by atoms with Crippen molar-refractivity contribution in [3.8, 4) is 5.75 Å². The molecule has 0 saturated carbocycles. The molecule has 100 valence electrons. The molecule has 0 aliphatic rings. The van der Waals surface area contributed by atoms with Gasteiger partial charge >= 0.3 is 0 Å². The van der Waals surface area contributed by atoms with Crippen molar-refractivity contribution in [3.63, 3.8) is 0 Å². The fourth-order valence-electron chi connectivity index (χ4n) is 1.72. The molecule has 0 aliphatic heterocycles. The van der Waals surface area contributed by atoms with Crippen LogP contribution >= 0.6 is 11.6 Å². The number of hydrogen-bond donors (Lipinski definition) is 2. The third kappa shape index (κ3) is 4.38. The van der Waals surface area contributed by atoms with E-state index in [1.807, 2.05) is 48.5 Å². The Morgan fingerprint density at radius 3 is 2.26 bits per heavy atom. The highest BCUT2D eigenvalue weighted by Crippen LogP contribution is 2.15. The van der Waals surface area contributed by atoms with Gasteiger partial charge in [0, 0.05) is 29.5 Å². The topological polar surface area (TPSA) is 33.3 Å². The van der Waals surface area contributed by atoms with E-state index in [0.29, 0.717) is 0 Å². The Bertz CT molecular complexity index is 514. The first-order valence-corrected chi connectivity index (χ1v) is 6.53. The van der Waals surface area contributed by atoms with E-state index >= 15 is 0 Å². The molecule has 0 saturated heterocycles. The molecule has 19 heavy (non-hydrogen) atoms. The van der Waals surface area contributed by atoms with E-state index in [1.54, 1.807) is 7.11 Å². The van der Waals surface area contributed by atoms with E-state index in [-0.39, 0.29) is 0 Å². The van der Waals surface area contributed by atoms with Gasteiger partial charge in [-0.05, 0) is 42.5 Å². The van der Waals surface area contributed by atoms with Crippen LogP contribution in [0.2, 0.25) is 5.02 Å². The molecule has 0 spiro atoms. The average molecular weight is 277 g/mol. The molecule has 0 heterocycles. The predicted molar refractivity (Wildman–Crippen MR) is 81.4 cm³/mol. The third-order valence-electron chi connectivity index (χ3n) is 2.70. The number of anilines is 2. The smallest absolute Gasteiger partial charge is 0.119 e. The molecule has 2 aromatic rings. The molecule has 0 aliphatic carbocycles. The first-order valence-electron chi connectivity index (χ1n) is 6.15. The Morgan fingerprint density at radius 2 is 1.63 bits per heavy atom. The van der Waals surface area contributed by atoms with Crippen LogP contribution < -0.4 is 15.4 Å². The Balaban J connectivity index is 1.74. The van der Waals surface area contributed by atoms with Crippen molar-refractivity contribution in [2.75, 3.05) is 30.8 Å². The normalized spacial score (nSPS) is 10.0. The fourth-order valence-corrected chi connectivity index (χ4v) is 1.91. The van der Waals surface area contributed by atoms with Crippen molar-refractivity contribution in [3.05, 3.63) is 53.6 Å². The first-order chi connectivity index (χ1) is 9.28. The maximum Gasteiger partial charge on any atom is 0.119 e. The molecule has 2 aromatic carbocycles. The SMILES string of the molecule is COc1ccc(NCCNc2cccc(Cl)c2)cc1. The van der Waals surface area contributed by atoms with Crippen molar-refractivity contribution < 1.29 is 4.74 Å². The maximum absolute atomic E-state index is 5.91. The number of nitrogens with one attached hydrogen (secondary N) is 2. The van der Waals surface area contributed by atoms with Crippen molar-refractivity contribution >= 4 is 23.0 Å². The van der Waals surface area contributed by atoms with Crippen LogP contribution in [0.1, 0.15) is 0 Å². The van der Waals surface area contributed by atoms with Crippen LogP contribution in [0.4, 0.5) is 11.4 Å². The largest absolute Gasteiger partial charge is 0.497 e. The monoisotopic (exact) mass is 276 g/mol. The predicted octanol–water partition coefficient (Wildman–Crippen LogP) is 3.87. The lowest BCUT2D eigenvalue weighted by Gasteiger charge is -2.09. The van der Waals surface area contributed by atoms with Gasteiger partial charge in [0.1, 0.15) is 5.75 Å². The van der Waals surface area contributed by atoms with Gasteiger partial charge in [0.15, 0.2) is 0 Å². The molecule has 0 bridgehead atoms. The minimum absolute atomic E-state index is 0.744. The van der Waals surface area contributed by atoms with Crippen LogP contribution in [-0.2, 0) is 0 Å². The van der Waals surface area contributed by atoms with Gasteiger partial charge in [0.05, 0.1) is 7.11 Å². The second-order valence-electron chi connectivity index (χ2n) is 4.09. The van der Waals surface area contributed by atoms with E-state index in [2.05, 4.69) is 10.6 Å². The summed E-state index contributed by atoms with van der Waals surface area (Å²) in [4.78, 5) is 0. The van der Waals surface area contributed by atoms with Gasteiger partial charge in [-0.1, -0.05) is 17.7 Å². The van der Waals surface area contributed by atoms with Crippen LogP contribution in [0.25, 0.3) is 0 Å². The molecule has 0 fully saturated rings. The van der Waals surface area contributed by atoms with E-state index in [1.165, 1.54) is 0 Å². The van der Waals surface area contributed by atoms with Crippen molar-refractivity contribution in [2.24, 2.45) is 0 Å². The number of halogens is 1. The van der Waals surface area contributed by atoms with E-state index < -0.39 is 0 Å². The molecule has 4 heteroatoms. The summed E-state index contributed by atoms with van der Waals surface area (Å²) in [6.07, 6.45) is 0. The van der Waals surface area contributed by atoms with Gasteiger partial charge in [-0.15, -0.1) is 0 Å². The van der Waals surface area contributed by atoms with Crippen LogP contribution in [0.5, 0.6) is 5.75 Å². The summed E-state index contributed by atoms with van der Waals surface area (Å²) in [5.74, 6) is 0.864. The van der Waals surface area contributed by atoms with Crippen molar-refractivity contribution in [1.29, 1.82) is 0 Å². The molecule has 0 amide bonds. The van der Waals surface area contributed by atoms with Crippen molar-refractivity contribution in [1.82, 2.24) is 0 Å². The number of ether oxygens (including phenoxy) is 1. The highest BCUT2D eigenvalue weighted by Gasteiger charge is 1.95. The highest BCUT2D eigenvalue weighted by molar-refractivity contribution is 6.30. The lowest BCUT2D eigenvalue weighted by molar-refractivity contribution is 0.415. The Kier molecular flexibility index (Phi) is 4.93. The standard InChI is InChI=1S/C15H17ClN2O/c1-19-15-7-5-13(6-8-15)17-9-10-18-14-4-2-3-12(16)11-14/h2-8,11,17-18H,9-10H2,1H3. The number of hydrogen-bond acceptors (Lipinski definition) is 3. The molecule has 0 aromatic heterocycles. The quantitative estimate of drug-likeness (QED) is 0.786. The summed E-state index contributed by atoms with van der Waals surface area (Å²) < 4.78 is 5.11. The summed E-state index contributed by atoms with van der Waals surface area (Å²) in [5.41, 5.74) is 2.11. The molecular formula is C15H17ClN2O. The fraction of sp³-hybridized carbons (Fsp3) is 0.200. The summed E-state index contributed by atoms with van der Waals surface area (Å²) >= 11 is 5.91. The first kappa shape index (κ1) is 13.6. The van der Waals surface area contributed by atoms with Crippen LogP contribution in [0.15, 0.2) is 48.5 Å². The summed E-state index contributed by atoms with van der Waals surface area (Å²) in [7, 11) is 1.66. The third-order valence-corrected chi connectivity index (χ3v) is 2.93. The lowest BCUT2D eigenvalue weighted by atomic mass is 10.3. The van der Waals surface area contributed by atoms with Gasteiger partial charge in [0.25, 0.3) is 0 Å². The molecule has 2 N–H and O–H groups in total. The molecule has 3 nitrogen and oxygen atoms in total. The molecule has 2 rings (SSSR count). The van der Waals surface area contributed by atoms with Gasteiger partial charge in [0.2, 0.25) is 0 Å².